The maximum atomic E-state index is 11.3. The van der Waals surface area contributed by atoms with Crippen molar-refractivity contribution in [1.29, 1.82) is 0 Å². The second kappa shape index (κ2) is 6.04. The molecule has 0 unspecified atom stereocenters. The molecule has 0 radical (unpaired) electrons. The molecule has 0 bridgehead atoms. The number of hydrogen-bond acceptors (Lipinski definition) is 3. The Kier molecular flexibility index (Phi) is 7.05. The van der Waals surface area contributed by atoms with Crippen molar-refractivity contribution in [2.75, 3.05) is 13.2 Å². The SMILES string of the molecule is Cl.NCC(=O)NOCC(F)(F)F. The molecule has 74 valence electrons. The second-order valence-electron chi connectivity index (χ2n) is 1.63. The van der Waals surface area contributed by atoms with Crippen molar-refractivity contribution in [3.05, 3.63) is 0 Å². The molecule has 0 rings (SSSR count). The highest BCUT2D eigenvalue weighted by atomic mass is 35.5. The summed E-state index contributed by atoms with van der Waals surface area (Å²) >= 11 is 0. The Morgan fingerprint density at radius 2 is 2.00 bits per heavy atom. The van der Waals surface area contributed by atoms with Gasteiger partial charge in [0, 0.05) is 0 Å². The molecule has 0 saturated heterocycles. The molecule has 0 aliphatic carbocycles. The summed E-state index contributed by atoms with van der Waals surface area (Å²) in [5.41, 5.74) is 6.25. The molecule has 12 heavy (non-hydrogen) atoms. The van der Waals surface area contributed by atoms with Crippen LogP contribution in [0, 0.1) is 0 Å². The molecular weight excluding hydrogens is 201 g/mol. The van der Waals surface area contributed by atoms with Crippen LogP contribution >= 0.6 is 12.4 Å². The number of hydrogen-bond donors (Lipinski definition) is 2. The van der Waals surface area contributed by atoms with Crippen molar-refractivity contribution in [1.82, 2.24) is 5.48 Å². The molecule has 0 aromatic carbocycles. The minimum Gasteiger partial charge on any atom is -0.322 e. The van der Waals surface area contributed by atoms with Crippen LogP contribution in [0.15, 0.2) is 0 Å². The van der Waals surface area contributed by atoms with Crippen LogP contribution in [0.1, 0.15) is 0 Å². The highest BCUT2D eigenvalue weighted by Crippen LogP contribution is 2.13. The van der Waals surface area contributed by atoms with Crippen molar-refractivity contribution in [3.8, 4) is 0 Å². The fourth-order valence-corrected chi connectivity index (χ4v) is 0.240. The van der Waals surface area contributed by atoms with E-state index in [2.05, 4.69) is 4.84 Å². The lowest BCUT2D eigenvalue weighted by molar-refractivity contribution is -0.191. The zero-order valence-corrected chi connectivity index (χ0v) is 6.67. The van der Waals surface area contributed by atoms with Gasteiger partial charge in [-0.25, -0.2) is 5.48 Å². The van der Waals surface area contributed by atoms with Gasteiger partial charge in [0.15, 0.2) is 6.61 Å². The topological polar surface area (TPSA) is 64.4 Å². The molecule has 8 heteroatoms. The molecule has 0 heterocycles. The molecular formula is C4H8ClF3N2O2. The lowest BCUT2D eigenvalue weighted by atomic mass is 10.6. The van der Waals surface area contributed by atoms with Crippen LogP contribution in [0.2, 0.25) is 0 Å². The number of alkyl halides is 3. The van der Waals surface area contributed by atoms with Crippen LogP contribution in [0.4, 0.5) is 13.2 Å². The second-order valence-corrected chi connectivity index (χ2v) is 1.63. The molecule has 4 nitrogen and oxygen atoms in total. The predicted octanol–water partition coefficient (Wildman–Crippen LogP) is -0.0230. The molecule has 0 atom stereocenters. The van der Waals surface area contributed by atoms with E-state index in [0.29, 0.717) is 0 Å². The minimum atomic E-state index is -4.44. The smallest absolute Gasteiger partial charge is 0.322 e. The van der Waals surface area contributed by atoms with Gasteiger partial charge in [0.25, 0.3) is 5.91 Å². The molecule has 0 saturated carbocycles. The van der Waals surface area contributed by atoms with E-state index in [1.165, 1.54) is 5.48 Å². The summed E-state index contributed by atoms with van der Waals surface area (Å²) in [7, 11) is 0. The van der Waals surface area contributed by atoms with Crippen LogP contribution in [-0.4, -0.2) is 25.2 Å². The average Bonchev–Trinajstić information content (AvgIpc) is 1.85. The van der Waals surface area contributed by atoms with E-state index in [1.54, 1.807) is 0 Å². The highest BCUT2D eigenvalue weighted by Gasteiger charge is 2.28. The summed E-state index contributed by atoms with van der Waals surface area (Å²) in [6.07, 6.45) is -4.44. The summed E-state index contributed by atoms with van der Waals surface area (Å²) in [6.45, 7) is -1.92. The van der Waals surface area contributed by atoms with Crippen LogP contribution in [-0.2, 0) is 9.63 Å². The third kappa shape index (κ3) is 9.47. The molecule has 0 fully saturated rings. The first kappa shape index (κ1) is 14.0. The lowest BCUT2D eigenvalue weighted by Crippen LogP contribution is -2.33. The van der Waals surface area contributed by atoms with E-state index in [0.717, 1.165) is 0 Å². The van der Waals surface area contributed by atoms with Gasteiger partial charge in [0.05, 0.1) is 6.54 Å². The maximum absolute atomic E-state index is 11.3. The minimum absolute atomic E-state index is 0. The average molecular weight is 209 g/mol. The number of nitrogens with two attached hydrogens (primary N) is 1. The normalized spacial score (nSPS) is 10.3. The Balaban J connectivity index is 0. The summed E-state index contributed by atoms with van der Waals surface area (Å²) in [4.78, 5) is 13.9. The predicted molar refractivity (Wildman–Crippen MR) is 36.5 cm³/mol. The Hall–Kier alpha value is -0.530. The fourth-order valence-electron chi connectivity index (χ4n) is 0.240. The Morgan fingerprint density at radius 1 is 1.50 bits per heavy atom. The number of carbonyl (C=O) groups is 1. The van der Waals surface area contributed by atoms with Crippen molar-refractivity contribution in [3.63, 3.8) is 0 Å². The Morgan fingerprint density at radius 3 is 2.33 bits per heavy atom. The molecule has 3 N–H and O–H groups in total. The van der Waals surface area contributed by atoms with Crippen LogP contribution in [0.3, 0.4) is 0 Å². The molecule has 0 aliphatic heterocycles. The van der Waals surface area contributed by atoms with Gasteiger partial charge in [-0.05, 0) is 0 Å². The number of carbonyl (C=O) groups excluding carboxylic acids is 1. The zero-order valence-electron chi connectivity index (χ0n) is 5.85. The van der Waals surface area contributed by atoms with Crippen LogP contribution in [0.25, 0.3) is 0 Å². The number of halogens is 4. The first-order valence-electron chi connectivity index (χ1n) is 2.63. The van der Waals surface area contributed by atoms with Gasteiger partial charge in [-0.1, -0.05) is 0 Å². The van der Waals surface area contributed by atoms with Gasteiger partial charge in [-0.3, -0.25) is 9.63 Å². The van der Waals surface area contributed by atoms with E-state index in [1.807, 2.05) is 0 Å². The van der Waals surface area contributed by atoms with Gasteiger partial charge in [-0.15, -0.1) is 12.4 Å². The zero-order chi connectivity index (χ0) is 8.91. The van der Waals surface area contributed by atoms with Crippen LogP contribution in [0.5, 0.6) is 0 Å². The van der Waals surface area contributed by atoms with Crippen molar-refractivity contribution in [2.24, 2.45) is 5.73 Å². The molecule has 1 amide bonds. The van der Waals surface area contributed by atoms with E-state index in [4.69, 9.17) is 5.73 Å². The molecule has 0 aliphatic rings. The number of nitrogens with one attached hydrogen (secondary N) is 1. The standard InChI is InChI=1S/C4H7F3N2O2.ClH/c5-4(6,7)2-11-9-3(10)1-8;/h1-2,8H2,(H,9,10);1H. The summed E-state index contributed by atoms with van der Waals surface area (Å²) in [5.74, 6) is -0.797. The quantitative estimate of drug-likeness (QED) is 0.641. The highest BCUT2D eigenvalue weighted by molar-refractivity contribution is 5.85. The maximum Gasteiger partial charge on any atom is 0.414 e. The first-order valence-corrected chi connectivity index (χ1v) is 2.63. The van der Waals surface area contributed by atoms with E-state index < -0.39 is 25.2 Å². The van der Waals surface area contributed by atoms with Crippen molar-refractivity contribution in [2.45, 2.75) is 6.18 Å². The third-order valence-corrected chi connectivity index (χ3v) is 0.607. The monoisotopic (exact) mass is 208 g/mol. The van der Waals surface area contributed by atoms with Crippen molar-refractivity contribution < 1.29 is 22.8 Å². The lowest BCUT2D eigenvalue weighted by Gasteiger charge is -2.06. The van der Waals surface area contributed by atoms with Crippen LogP contribution < -0.4 is 11.2 Å². The summed E-state index contributed by atoms with van der Waals surface area (Å²) < 4.78 is 33.9. The van der Waals surface area contributed by atoms with Gasteiger partial charge in [-0.2, -0.15) is 13.2 Å². The van der Waals surface area contributed by atoms with Gasteiger partial charge < -0.3 is 5.73 Å². The largest absolute Gasteiger partial charge is 0.414 e. The van der Waals surface area contributed by atoms with E-state index in [9.17, 15) is 18.0 Å². The van der Waals surface area contributed by atoms with E-state index >= 15 is 0 Å². The Bertz CT molecular complexity index is 141. The third-order valence-electron chi connectivity index (χ3n) is 0.607. The number of amides is 1. The van der Waals surface area contributed by atoms with Gasteiger partial charge >= 0.3 is 6.18 Å². The van der Waals surface area contributed by atoms with Gasteiger partial charge in [0.1, 0.15) is 0 Å². The summed E-state index contributed by atoms with van der Waals surface area (Å²) in [6, 6.07) is 0. The van der Waals surface area contributed by atoms with Crippen molar-refractivity contribution >= 4 is 18.3 Å². The summed E-state index contributed by atoms with van der Waals surface area (Å²) in [5, 5.41) is 0. The molecule has 0 aromatic rings. The first-order chi connectivity index (χ1) is 4.95. The van der Waals surface area contributed by atoms with E-state index in [-0.39, 0.29) is 12.4 Å². The molecule has 0 spiro atoms. The number of hydroxylamine groups is 1. The fraction of sp³-hybridized carbons (Fsp3) is 0.750. The Labute approximate surface area is 72.6 Å². The van der Waals surface area contributed by atoms with Gasteiger partial charge in [0.2, 0.25) is 0 Å². The number of rotatable bonds is 3. The molecule has 0 aromatic heterocycles.